The van der Waals surface area contributed by atoms with Gasteiger partial charge in [-0.2, -0.15) is 0 Å². The van der Waals surface area contributed by atoms with Crippen LogP contribution in [0, 0.1) is 5.82 Å². The summed E-state index contributed by atoms with van der Waals surface area (Å²) in [6.45, 7) is 5.71. The molecule has 2 fully saturated rings. The zero-order valence-electron chi connectivity index (χ0n) is 12.3. The second-order valence-corrected chi connectivity index (χ2v) is 5.71. The van der Waals surface area contributed by atoms with E-state index in [2.05, 4.69) is 10.2 Å². The van der Waals surface area contributed by atoms with E-state index < -0.39 is 0 Å². The molecule has 0 amide bonds. The molecule has 5 heteroatoms. The van der Waals surface area contributed by atoms with E-state index in [0.29, 0.717) is 19.2 Å². The molecule has 116 valence electrons. The van der Waals surface area contributed by atoms with Crippen molar-refractivity contribution in [3.63, 3.8) is 0 Å². The van der Waals surface area contributed by atoms with Crippen molar-refractivity contribution in [1.82, 2.24) is 10.2 Å². The minimum Gasteiger partial charge on any atom is -0.492 e. The maximum Gasteiger partial charge on any atom is 0.124 e. The molecule has 0 radical (unpaired) electrons. The van der Waals surface area contributed by atoms with Crippen LogP contribution >= 0.6 is 0 Å². The highest BCUT2D eigenvalue weighted by atomic mass is 19.1. The molecule has 3 rings (SSSR count). The van der Waals surface area contributed by atoms with Crippen molar-refractivity contribution in [2.75, 3.05) is 39.5 Å². The van der Waals surface area contributed by atoms with Crippen molar-refractivity contribution >= 4 is 0 Å². The minimum absolute atomic E-state index is 0.205. The Bertz CT molecular complexity index is 460. The molecule has 1 aliphatic heterocycles. The van der Waals surface area contributed by atoms with E-state index in [1.807, 2.05) is 0 Å². The van der Waals surface area contributed by atoms with Gasteiger partial charge in [0.25, 0.3) is 0 Å². The number of benzene rings is 1. The molecule has 0 atom stereocenters. The number of nitrogens with zero attached hydrogens (tertiary/aromatic N) is 1. The zero-order valence-corrected chi connectivity index (χ0v) is 12.3. The lowest BCUT2D eigenvalue weighted by molar-refractivity contribution is 0.0322. The molecular weight excluding hydrogens is 271 g/mol. The van der Waals surface area contributed by atoms with Gasteiger partial charge in [-0.1, -0.05) is 0 Å². The van der Waals surface area contributed by atoms with Crippen molar-refractivity contribution in [1.29, 1.82) is 0 Å². The molecule has 0 aromatic heterocycles. The van der Waals surface area contributed by atoms with E-state index in [-0.39, 0.29) is 5.82 Å². The van der Waals surface area contributed by atoms with Crippen LogP contribution in [0.3, 0.4) is 0 Å². The molecule has 1 aliphatic carbocycles. The van der Waals surface area contributed by atoms with Crippen LogP contribution in [0.2, 0.25) is 0 Å². The molecule has 21 heavy (non-hydrogen) atoms. The smallest absolute Gasteiger partial charge is 0.124 e. The summed E-state index contributed by atoms with van der Waals surface area (Å²) in [5.41, 5.74) is 0.906. The van der Waals surface area contributed by atoms with Gasteiger partial charge in [0.15, 0.2) is 0 Å². The first-order chi connectivity index (χ1) is 10.3. The molecule has 0 unspecified atom stereocenters. The number of hydrogen-bond donors (Lipinski definition) is 1. The molecule has 0 spiro atoms. The molecule has 1 saturated heterocycles. The minimum atomic E-state index is -0.205. The van der Waals surface area contributed by atoms with E-state index in [4.69, 9.17) is 9.47 Å². The van der Waals surface area contributed by atoms with Crippen molar-refractivity contribution in [2.45, 2.75) is 25.4 Å². The van der Waals surface area contributed by atoms with E-state index in [9.17, 15) is 4.39 Å². The Morgan fingerprint density at radius 2 is 2.10 bits per heavy atom. The first kappa shape index (κ1) is 14.8. The van der Waals surface area contributed by atoms with Crippen LogP contribution in [0.5, 0.6) is 5.75 Å². The molecule has 1 aromatic carbocycles. The Labute approximate surface area is 125 Å². The van der Waals surface area contributed by atoms with E-state index in [0.717, 1.165) is 44.2 Å². The molecule has 4 nitrogen and oxygen atoms in total. The lowest BCUT2D eigenvalue weighted by atomic mass is 10.2. The fourth-order valence-electron chi connectivity index (χ4n) is 2.48. The number of hydrogen-bond acceptors (Lipinski definition) is 4. The van der Waals surface area contributed by atoms with Gasteiger partial charge in [0.2, 0.25) is 0 Å². The molecule has 1 N–H and O–H groups in total. The standard InChI is InChI=1S/C16H23FN2O2/c17-14-1-4-16(13(11-14)12-18-15-2-3-15)21-10-7-19-5-8-20-9-6-19/h1,4,11,15,18H,2-3,5-10,12H2. The topological polar surface area (TPSA) is 33.7 Å². The highest BCUT2D eigenvalue weighted by Gasteiger charge is 2.20. The maximum absolute atomic E-state index is 13.4. The quantitative estimate of drug-likeness (QED) is 0.831. The fraction of sp³-hybridized carbons (Fsp3) is 0.625. The first-order valence-electron chi connectivity index (χ1n) is 7.76. The van der Waals surface area contributed by atoms with Crippen LogP contribution in [0.1, 0.15) is 18.4 Å². The predicted molar refractivity (Wildman–Crippen MR) is 79.0 cm³/mol. The normalized spacial score (nSPS) is 19.7. The zero-order chi connectivity index (χ0) is 14.5. The summed E-state index contributed by atoms with van der Waals surface area (Å²) < 4.78 is 24.6. The summed E-state index contributed by atoms with van der Waals surface area (Å²) in [6, 6.07) is 5.37. The number of ether oxygens (including phenoxy) is 2. The van der Waals surface area contributed by atoms with Gasteiger partial charge in [0.05, 0.1) is 13.2 Å². The van der Waals surface area contributed by atoms with Crippen LogP contribution in [0.4, 0.5) is 4.39 Å². The van der Waals surface area contributed by atoms with Gasteiger partial charge in [-0.25, -0.2) is 4.39 Å². The van der Waals surface area contributed by atoms with Crippen molar-refractivity contribution in [2.24, 2.45) is 0 Å². The number of halogens is 1. The van der Waals surface area contributed by atoms with Crippen LogP contribution in [-0.2, 0) is 11.3 Å². The van der Waals surface area contributed by atoms with Gasteiger partial charge in [0, 0.05) is 37.8 Å². The third kappa shape index (κ3) is 4.66. The second kappa shape index (κ2) is 7.20. The Morgan fingerprint density at radius 3 is 2.86 bits per heavy atom. The molecule has 1 aromatic rings. The van der Waals surface area contributed by atoms with Gasteiger partial charge in [0.1, 0.15) is 18.2 Å². The lowest BCUT2D eigenvalue weighted by Gasteiger charge is -2.26. The summed E-state index contributed by atoms with van der Waals surface area (Å²) in [5, 5.41) is 3.41. The summed E-state index contributed by atoms with van der Waals surface area (Å²) in [4.78, 5) is 2.33. The average Bonchev–Trinajstić information content (AvgIpc) is 3.32. The Kier molecular flexibility index (Phi) is 5.06. The predicted octanol–water partition coefficient (Wildman–Crippen LogP) is 1.79. The third-order valence-electron chi connectivity index (χ3n) is 3.95. The van der Waals surface area contributed by atoms with E-state index in [1.54, 1.807) is 12.1 Å². The number of morpholine rings is 1. The fourth-order valence-corrected chi connectivity index (χ4v) is 2.48. The second-order valence-electron chi connectivity index (χ2n) is 5.71. The largest absolute Gasteiger partial charge is 0.492 e. The molecular formula is C16H23FN2O2. The summed E-state index contributed by atoms with van der Waals surface area (Å²) >= 11 is 0. The SMILES string of the molecule is Fc1ccc(OCCN2CCOCC2)c(CNC2CC2)c1. The van der Waals surface area contributed by atoms with Crippen molar-refractivity contribution < 1.29 is 13.9 Å². The summed E-state index contributed by atoms with van der Waals surface area (Å²) in [6.07, 6.45) is 2.45. The van der Waals surface area contributed by atoms with Gasteiger partial charge in [-0.3, -0.25) is 4.90 Å². The molecule has 1 heterocycles. The van der Waals surface area contributed by atoms with Crippen LogP contribution in [0.15, 0.2) is 18.2 Å². The van der Waals surface area contributed by atoms with Crippen molar-refractivity contribution in [3.05, 3.63) is 29.6 Å². The van der Waals surface area contributed by atoms with Crippen molar-refractivity contribution in [3.8, 4) is 5.75 Å². The van der Waals surface area contributed by atoms with Gasteiger partial charge < -0.3 is 14.8 Å². The van der Waals surface area contributed by atoms with Crippen LogP contribution < -0.4 is 10.1 Å². The van der Waals surface area contributed by atoms with Gasteiger partial charge >= 0.3 is 0 Å². The van der Waals surface area contributed by atoms with Crippen LogP contribution in [-0.4, -0.2) is 50.4 Å². The lowest BCUT2D eigenvalue weighted by Crippen LogP contribution is -2.38. The molecule has 2 aliphatic rings. The first-order valence-corrected chi connectivity index (χ1v) is 7.76. The Balaban J connectivity index is 1.50. The van der Waals surface area contributed by atoms with Gasteiger partial charge in [-0.05, 0) is 31.0 Å². The Hall–Kier alpha value is -1.17. The third-order valence-corrected chi connectivity index (χ3v) is 3.95. The van der Waals surface area contributed by atoms with E-state index in [1.165, 1.54) is 18.9 Å². The van der Waals surface area contributed by atoms with Crippen LogP contribution in [0.25, 0.3) is 0 Å². The molecule has 1 saturated carbocycles. The maximum atomic E-state index is 13.4. The summed E-state index contributed by atoms with van der Waals surface area (Å²) in [5.74, 6) is 0.584. The highest BCUT2D eigenvalue weighted by Crippen LogP contribution is 2.23. The monoisotopic (exact) mass is 294 g/mol. The summed E-state index contributed by atoms with van der Waals surface area (Å²) in [7, 11) is 0. The number of nitrogens with one attached hydrogen (secondary N) is 1. The van der Waals surface area contributed by atoms with E-state index >= 15 is 0 Å². The number of rotatable bonds is 7. The molecule has 0 bridgehead atoms. The Morgan fingerprint density at radius 1 is 1.29 bits per heavy atom. The van der Waals surface area contributed by atoms with Gasteiger partial charge in [-0.15, -0.1) is 0 Å². The average molecular weight is 294 g/mol. The highest BCUT2D eigenvalue weighted by molar-refractivity contribution is 5.34.